The van der Waals surface area contributed by atoms with Crippen LogP contribution in [0.2, 0.25) is 0 Å². The minimum atomic E-state index is -0.0837. The van der Waals surface area contributed by atoms with Gasteiger partial charge in [-0.25, -0.2) is 0 Å². The third-order valence-corrected chi connectivity index (χ3v) is 4.64. The summed E-state index contributed by atoms with van der Waals surface area (Å²) in [6, 6.07) is 3.73. The molecule has 0 radical (unpaired) electrons. The van der Waals surface area contributed by atoms with Crippen LogP contribution < -0.4 is 5.32 Å². The number of amides is 2. The molecule has 3 rings (SSSR count). The summed E-state index contributed by atoms with van der Waals surface area (Å²) in [5.74, 6) is 0.248. The summed E-state index contributed by atoms with van der Waals surface area (Å²) >= 11 is 0. The van der Waals surface area contributed by atoms with Crippen molar-refractivity contribution in [3.8, 4) is 0 Å². The van der Waals surface area contributed by atoms with E-state index < -0.39 is 0 Å². The van der Waals surface area contributed by atoms with E-state index in [0.29, 0.717) is 25.3 Å². The fraction of sp³-hybridized carbons (Fsp3) is 0.444. The second-order valence-corrected chi connectivity index (χ2v) is 6.37. The zero-order valence-electron chi connectivity index (χ0n) is 14.6. The van der Waals surface area contributed by atoms with Crippen LogP contribution in [-0.2, 0) is 18.4 Å². The van der Waals surface area contributed by atoms with Crippen LogP contribution in [0.25, 0.3) is 0 Å². The van der Waals surface area contributed by atoms with Crippen LogP contribution in [0.3, 0.4) is 0 Å². The highest BCUT2D eigenvalue weighted by Crippen LogP contribution is 2.28. The molecular weight excluding hydrogens is 318 g/mol. The monoisotopic (exact) mass is 341 g/mol. The number of aromatic nitrogens is 3. The molecule has 2 amide bonds. The maximum absolute atomic E-state index is 12.6. The topological polar surface area (TPSA) is 80.1 Å². The van der Waals surface area contributed by atoms with Gasteiger partial charge in [0.15, 0.2) is 0 Å². The molecule has 3 heterocycles. The molecule has 132 valence electrons. The van der Waals surface area contributed by atoms with E-state index >= 15 is 0 Å². The predicted octanol–water partition coefficient (Wildman–Crippen LogP) is 1.47. The summed E-state index contributed by atoms with van der Waals surface area (Å²) in [6.07, 6.45) is 6.92. The second-order valence-electron chi connectivity index (χ2n) is 6.37. The first-order chi connectivity index (χ1) is 12.1. The summed E-state index contributed by atoms with van der Waals surface area (Å²) in [4.78, 5) is 34.5. The van der Waals surface area contributed by atoms with Crippen LogP contribution in [0.5, 0.6) is 0 Å². The highest BCUT2D eigenvalue weighted by Gasteiger charge is 2.27. The van der Waals surface area contributed by atoms with Gasteiger partial charge in [0.2, 0.25) is 5.91 Å². The van der Waals surface area contributed by atoms with Crippen molar-refractivity contribution in [3.05, 3.63) is 47.8 Å². The Labute approximate surface area is 147 Å². The number of likely N-dealkylation sites (tertiary alicyclic amines) is 1. The molecule has 7 nitrogen and oxygen atoms in total. The molecule has 7 heteroatoms. The van der Waals surface area contributed by atoms with Gasteiger partial charge in [0.1, 0.15) is 5.69 Å². The highest BCUT2D eigenvalue weighted by molar-refractivity contribution is 5.92. The molecule has 2 aromatic rings. The average molecular weight is 341 g/mol. The van der Waals surface area contributed by atoms with Crippen molar-refractivity contribution in [2.45, 2.75) is 32.2 Å². The molecule has 0 aliphatic carbocycles. The smallest absolute Gasteiger partial charge is 0.270 e. The van der Waals surface area contributed by atoms with Gasteiger partial charge in [0.25, 0.3) is 5.91 Å². The van der Waals surface area contributed by atoms with Crippen molar-refractivity contribution in [2.24, 2.45) is 7.05 Å². The predicted molar refractivity (Wildman–Crippen MR) is 92.8 cm³/mol. The molecule has 0 bridgehead atoms. The summed E-state index contributed by atoms with van der Waals surface area (Å²) in [6.45, 7) is 3.28. The number of rotatable bonds is 4. The quantitative estimate of drug-likeness (QED) is 0.913. The van der Waals surface area contributed by atoms with Crippen molar-refractivity contribution in [3.63, 3.8) is 0 Å². The average Bonchev–Trinajstić information content (AvgIpc) is 3.06. The van der Waals surface area contributed by atoms with Crippen LogP contribution in [-0.4, -0.2) is 44.3 Å². The standard InChI is InChI=1S/C18H23N5O2/c1-13(24)21-12-15-17(20-8-7-19-15)14-5-10-23(11-6-14)18(25)16-4-3-9-22(16)2/h3-4,7-9,14H,5-6,10-12H2,1-2H3,(H,21,24). The summed E-state index contributed by atoms with van der Waals surface area (Å²) in [5.41, 5.74) is 2.46. The lowest BCUT2D eigenvalue weighted by molar-refractivity contribution is -0.119. The van der Waals surface area contributed by atoms with E-state index in [0.717, 1.165) is 24.2 Å². The third kappa shape index (κ3) is 3.87. The summed E-state index contributed by atoms with van der Waals surface area (Å²) < 4.78 is 1.85. The van der Waals surface area contributed by atoms with Gasteiger partial charge in [-0.2, -0.15) is 0 Å². The maximum Gasteiger partial charge on any atom is 0.270 e. The number of hydrogen-bond acceptors (Lipinski definition) is 4. The van der Waals surface area contributed by atoms with E-state index in [1.54, 1.807) is 12.4 Å². The van der Waals surface area contributed by atoms with Crippen LogP contribution in [0.15, 0.2) is 30.7 Å². The first kappa shape index (κ1) is 17.1. The van der Waals surface area contributed by atoms with Gasteiger partial charge in [-0.05, 0) is 25.0 Å². The van der Waals surface area contributed by atoms with E-state index in [9.17, 15) is 9.59 Å². The molecular formula is C18H23N5O2. The molecule has 0 atom stereocenters. The van der Waals surface area contributed by atoms with Crippen LogP contribution >= 0.6 is 0 Å². The summed E-state index contributed by atoms with van der Waals surface area (Å²) in [5, 5.41) is 2.78. The van der Waals surface area contributed by atoms with E-state index in [4.69, 9.17) is 0 Å². The Hall–Kier alpha value is -2.70. The number of aryl methyl sites for hydroxylation is 1. The first-order valence-electron chi connectivity index (χ1n) is 8.51. The Balaban J connectivity index is 1.66. The number of nitrogens with zero attached hydrogens (tertiary/aromatic N) is 4. The van der Waals surface area contributed by atoms with Gasteiger partial charge in [-0.3, -0.25) is 19.6 Å². The molecule has 1 aliphatic rings. The Morgan fingerprint density at radius 1 is 1.24 bits per heavy atom. The third-order valence-electron chi connectivity index (χ3n) is 4.64. The van der Waals surface area contributed by atoms with Gasteiger partial charge >= 0.3 is 0 Å². The summed E-state index contributed by atoms with van der Waals surface area (Å²) in [7, 11) is 1.88. The lowest BCUT2D eigenvalue weighted by atomic mass is 9.91. The Morgan fingerprint density at radius 3 is 2.60 bits per heavy atom. The Bertz CT molecular complexity index is 762. The number of piperidine rings is 1. The zero-order valence-corrected chi connectivity index (χ0v) is 14.6. The fourth-order valence-corrected chi connectivity index (χ4v) is 3.26. The molecule has 25 heavy (non-hydrogen) atoms. The largest absolute Gasteiger partial charge is 0.351 e. The van der Waals surface area contributed by atoms with Crippen molar-refractivity contribution in [2.75, 3.05) is 13.1 Å². The molecule has 1 aliphatic heterocycles. The van der Waals surface area contributed by atoms with Crippen LogP contribution in [0.1, 0.15) is 47.6 Å². The first-order valence-corrected chi connectivity index (χ1v) is 8.51. The highest BCUT2D eigenvalue weighted by atomic mass is 16.2. The molecule has 0 spiro atoms. The number of carbonyl (C=O) groups is 2. The van der Waals surface area contributed by atoms with Crippen molar-refractivity contribution < 1.29 is 9.59 Å². The van der Waals surface area contributed by atoms with Crippen LogP contribution in [0.4, 0.5) is 0 Å². The fourth-order valence-electron chi connectivity index (χ4n) is 3.26. The van der Waals surface area contributed by atoms with Crippen molar-refractivity contribution in [1.82, 2.24) is 24.8 Å². The van der Waals surface area contributed by atoms with E-state index in [-0.39, 0.29) is 17.7 Å². The molecule has 2 aromatic heterocycles. The van der Waals surface area contributed by atoms with Gasteiger partial charge in [0, 0.05) is 51.6 Å². The molecule has 0 saturated carbocycles. The van der Waals surface area contributed by atoms with E-state index in [1.807, 2.05) is 34.8 Å². The van der Waals surface area contributed by atoms with Gasteiger partial charge < -0.3 is 14.8 Å². The molecule has 1 fully saturated rings. The molecule has 0 unspecified atom stereocenters. The van der Waals surface area contributed by atoms with Crippen molar-refractivity contribution in [1.29, 1.82) is 0 Å². The van der Waals surface area contributed by atoms with Gasteiger partial charge in [-0.15, -0.1) is 0 Å². The molecule has 1 saturated heterocycles. The van der Waals surface area contributed by atoms with Crippen molar-refractivity contribution >= 4 is 11.8 Å². The minimum Gasteiger partial charge on any atom is -0.351 e. The van der Waals surface area contributed by atoms with Crippen LogP contribution in [0, 0.1) is 0 Å². The Morgan fingerprint density at radius 2 is 1.96 bits per heavy atom. The number of nitrogens with one attached hydrogen (secondary N) is 1. The SMILES string of the molecule is CC(=O)NCc1nccnc1C1CCN(C(=O)c2cccn2C)CC1. The number of carbonyl (C=O) groups excluding carboxylic acids is 2. The second kappa shape index (κ2) is 7.46. The molecule has 1 N–H and O–H groups in total. The van der Waals surface area contributed by atoms with E-state index in [2.05, 4.69) is 15.3 Å². The lowest BCUT2D eigenvalue weighted by Gasteiger charge is -2.32. The number of hydrogen-bond donors (Lipinski definition) is 1. The van der Waals surface area contributed by atoms with Gasteiger partial charge in [0.05, 0.1) is 17.9 Å². The lowest BCUT2D eigenvalue weighted by Crippen LogP contribution is -2.39. The van der Waals surface area contributed by atoms with E-state index in [1.165, 1.54) is 6.92 Å². The Kier molecular flexibility index (Phi) is 5.11. The van der Waals surface area contributed by atoms with Gasteiger partial charge in [-0.1, -0.05) is 0 Å². The molecule has 0 aromatic carbocycles. The minimum absolute atomic E-state index is 0.0727. The normalized spacial score (nSPS) is 15.2. The maximum atomic E-state index is 12.6. The zero-order chi connectivity index (χ0) is 17.8.